The van der Waals surface area contributed by atoms with E-state index in [4.69, 9.17) is 0 Å². The van der Waals surface area contributed by atoms with Crippen LogP contribution in [0.2, 0.25) is 0 Å². The second-order valence-corrected chi connectivity index (χ2v) is 10.2. The maximum absolute atomic E-state index is 12.7. The van der Waals surface area contributed by atoms with Crippen molar-refractivity contribution in [2.24, 2.45) is 5.92 Å². The normalized spacial score (nSPS) is 16.4. The van der Waals surface area contributed by atoms with Gasteiger partial charge in [0.25, 0.3) is 0 Å². The molecule has 0 atom stereocenters. The monoisotopic (exact) mass is 424 g/mol. The molecule has 1 aromatic rings. The molecule has 7 nitrogen and oxygen atoms in total. The summed E-state index contributed by atoms with van der Waals surface area (Å²) in [6.07, 6.45) is 3.36. The Balaban J connectivity index is 1.95. The molecule has 0 saturated carbocycles. The lowest BCUT2D eigenvalue weighted by molar-refractivity contribution is 0.182. The van der Waals surface area contributed by atoms with E-state index in [2.05, 4.69) is 22.5 Å². The van der Waals surface area contributed by atoms with Gasteiger partial charge in [-0.1, -0.05) is 13.0 Å². The quantitative estimate of drug-likeness (QED) is 0.671. The molecule has 2 N–H and O–H groups in total. The average molecular weight is 425 g/mol. The van der Waals surface area contributed by atoms with Crippen LogP contribution < -0.4 is 10.6 Å². The summed E-state index contributed by atoms with van der Waals surface area (Å²) in [7, 11) is -2.03. The molecule has 0 spiro atoms. The lowest BCUT2D eigenvalue weighted by Crippen LogP contribution is -2.40. The molecule has 0 unspecified atom stereocenters. The first-order chi connectivity index (χ1) is 13.6. The van der Waals surface area contributed by atoms with Crippen LogP contribution in [-0.4, -0.2) is 62.9 Å². The highest BCUT2D eigenvalue weighted by Crippen LogP contribution is 2.23. The molecular formula is C21H36N4O3S. The number of piperidine rings is 1. The number of nitrogens with zero attached hydrogens (tertiary/aromatic N) is 2. The van der Waals surface area contributed by atoms with Crippen molar-refractivity contribution in [3.05, 3.63) is 23.8 Å². The number of nitrogens with one attached hydrogen (secondary N) is 2. The predicted octanol–water partition coefficient (Wildman–Crippen LogP) is 3.27. The van der Waals surface area contributed by atoms with E-state index in [1.54, 1.807) is 19.2 Å². The van der Waals surface area contributed by atoms with Crippen LogP contribution in [0.15, 0.2) is 23.1 Å². The van der Waals surface area contributed by atoms with Gasteiger partial charge in [-0.15, -0.1) is 0 Å². The van der Waals surface area contributed by atoms with Crippen molar-refractivity contribution in [1.29, 1.82) is 0 Å². The van der Waals surface area contributed by atoms with Crippen LogP contribution in [0.4, 0.5) is 10.5 Å². The fourth-order valence-electron chi connectivity index (χ4n) is 3.47. The van der Waals surface area contributed by atoms with E-state index >= 15 is 0 Å². The predicted molar refractivity (Wildman–Crippen MR) is 118 cm³/mol. The highest BCUT2D eigenvalue weighted by atomic mass is 32.2. The summed E-state index contributed by atoms with van der Waals surface area (Å²) in [6, 6.07) is 4.39. The first-order valence-electron chi connectivity index (χ1n) is 10.5. The first-order valence-corrected chi connectivity index (χ1v) is 11.9. The van der Waals surface area contributed by atoms with Crippen LogP contribution in [0.5, 0.6) is 0 Å². The van der Waals surface area contributed by atoms with Gasteiger partial charge in [-0.2, -0.15) is 4.31 Å². The van der Waals surface area contributed by atoms with Crippen LogP contribution >= 0.6 is 0 Å². The fraction of sp³-hybridized carbons (Fsp3) is 0.667. The summed E-state index contributed by atoms with van der Waals surface area (Å²) in [5.74, 6) is 0.487. The van der Waals surface area contributed by atoms with Crippen molar-refractivity contribution < 1.29 is 13.2 Å². The Labute approximate surface area is 175 Å². The molecule has 164 valence electrons. The molecule has 0 bridgehead atoms. The van der Waals surface area contributed by atoms with Gasteiger partial charge in [-0.05, 0) is 83.3 Å². The largest absolute Gasteiger partial charge is 0.338 e. The first kappa shape index (κ1) is 23.6. The van der Waals surface area contributed by atoms with E-state index in [1.165, 1.54) is 16.8 Å². The zero-order chi connectivity index (χ0) is 21.6. The zero-order valence-corrected chi connectivity index (χ0v) is 19.2. The van der Waals surface area contributed by atoms with E-state index in [9.17, 15) is 13.2 Å². The summed E-state index contributed by atoms with van der Waals surface area (Å²) in [6.45, 7) is 11.7. The number of carbonyl (C=O) groups is 1. The van der Waals surface area contributed by atoms with Crippen LogP contribution in [0, 0.1) is 12.8 Å². The third-order valence-electron chi connectivity index (χ3n) is 5.66. The summed E-state index contributed by atoms with van der Waals surface area (Å²) in [5.41, 5.74) is 1.33. The van der Waals surface area contributed by atoms with Crippen LogP contribution in [-0.2, 0) is 10.0 Å². The highest BCUT2D eigenvalue weighted by Gasteiger charge is 2.24. The molecule has 1 fully saturated rings. The second kappa shape index (κ2) is 10.4. The number of hydrogen-bond acceptors (Lipinski definition) is 4. The standard InChI is InChI=1S/C21H36N4O3S/c1-6-11-25-12-9-18(10-13-25)15-22-21(26)23-20-14-19(8-7-17(20)4)29(27,28)24(5)16(2)3/h7-8,14,16,18H,6,9-13,15H2,1-5H3,(H2,22,23,26). The Kier molecular flexibility index (Phi) is 8.48. The third-order valence-corrected chi connectivity index (χ3v) is 7.69. The van der Waals surface area contributed by atoms with E-state index in [-0.39, 0.29) is 17.0 Å². The SMILES string of the molecule is CCCN1CCC(CNC(=O)Nc2cc(S(=O)(=O)N(C)C(C)C)ccc2C)CC1. The molecule has 2 rings (SSSR count). The molecular weight excluding hydrogens is 388 g/mol. The van der Waals surface area contributed by atoms with Gasteiger partial charge in [0.1, 0.15) is 0 Å². The molecule has 0 aromatic heterocycles. The van der Waals surface area contributed by atoms with Crippen molar-refractivity contribution in [1.82, 2.24) is 14.5 Å². The molecule has 1 saturated heterocycles. The molecule has 8 heteroatoms. The average Bonchev–Trinajstić information content (AvgIpc) is 2.68. The van der Waals surface area contributed by atoms with Crippen molar-refractivity contribution in [2.75, 3.05) is 38.5 Å². The van der Waals surface area contributed by atoms with Gasteiger partial charge in [0.05, 0.1) is 4.90 Å². The van der Waals surface area contributed by atoms with Gasteiger partial charge in [-0.3, -0.25) is 0 Å². The van der Waals surface area contributed by atoms with Gasteiger partial charge in [0.15, 0.2) is 0 Å². The number of amides is 2. The molecule has 0 radical (unpaired) electrons. The van der Waals surface area contributed by atoms with E-state index in [1.807, 2.05) is 20.8 Å². The highest BCUT2D eigenvalue weighted by molar-refractivity contribution is 7.89. The number of benzene rings is 1. The molecule has 1 heterocycles. The van der Waals surface area contributed by atoms with Crippen molar-refractivity contribution in [2.45, 2.75) is 57.9 Å². The number of hydrogen-bond donors (Lipinski definition) is 2. The number of carbonyl (C=O) groups excluding carboxylic acids is 1. The Morgan fingerprint density at radius 2 is 1.93 bits per heavy atom. The summed E-state index contributed by atoms with van der Waals surface area (Å²) < 4.78 is 26.8. The van der Waals surface area contributed by atoms with Crippen LogP contribution in [0.25, 0.3) is 0 Å². The number of aryl methyl sites for hydroxylation is 1. The smallest absolute Gasteiger partial charge is 0.319 e. The topological polar surface area (TPSA) is 81.8 Å². The minimum Gasteiger partial charge on any atom is -0.338 e. The lowest BCUT2D eigenvalue weighted by atomic mass is 9.97. The van der Waals surface area contributed by atoms with Gasteiger partial charge in [0.2, 0.25) is 10.0 Å². The van der Waals surface area contributed by atoms with Gasteiger partial charge >= 0.3 is 6.03 Å². The maximum Gasteiger partial charge on any atom is 0.319 e. The van der Waals surface area contributed by atoms with E-state index < -0.39 is 10.0 Å². The van der Waals surface area contributed by atoms with Crippen molar-refractivity contribution >= 4 is 21.7 Å². The Hall–Kier alpha value is -1.64. The number of anilines is 1. The molecule has 0 aliphatic carbocycles. The Bertz CT molecular complexity index is 787. The Morgan fingerprint density at radius 3 is 2.52 bits per heavy atom. The molecule has 1 aliphatic rings. The van der Waals surface area contributed by atoms with Crippen LogP contribution in [0.1, 0.15) is 45.6 Å². The minimum atomic E-state index is -3.60. The van der Waals surface area contributed by atoms with Crippen molar-refractivity contribution in [3.8, 4) is 0 Å². The number of sulfonamides is 1. The summed E-state index contributed by atoms with van der Waals surface area (Å²) >= 11 is 0. The number of rotatable bonds is 8. The van der Waals surface area contributed by atoms with Crippen LogP contribution in [0.3, 0.4) is 0 Å². The van der Waals surface area contributed by atoms with E-state index in [0.717, 1.165) is 38.0 Å². The van der Waals surface area contributed by atoms with Gasteiger partial charge < -0.3 is 15.5 Å². The maximum atomic E-state index is 12.7. The van der Waals surface area contributed by atoms with Gasteiger partial charge in [-0.25, -0.2) is 13.2 Å². The molecule has 2 amide bonds. The number of urea groups is 1. The van der Waals surface area contributed by atoms with Gasteiger partial charge in [0, 0.05) is 25.3 Å². The zero-order valence-electron chi connectivity index (χ0n) is 18.4. The molecule has 29 heavy (non-hydrogen) atoms. The van der Waals surface area contributed by atoms with E-state index in [0.29, 0.717) is 18.2 Å². The molecule has 1 aromatic carbocycles. The number of likely N-dealkylation sites (tertiary alicyclic amines) is 1. The fourth-order valence-corrected chi connectivity index (χ4v) is 4.87. The minimum absolute atomic E-state index is 0.148. The summed E-state index contributed by atoms with van der Waals surface area (Å²) in [4.78, 5) is 15.0. The third kappa shape index (κ3) is 6.42. The molecule has 1 aliphatic heterocycles. The lowest BCUT2D eigenvalue weighted by Gasteiger charge is -2.31. The second-order valence-electron chi connectivity index (χ2n) is 8.21. The Morgan fingerprint density at radius 1 is 1.28 bits per heavy atom. The summed E-state index contributed by atoms with van der Waals surface area (Å²) in [5, 5.41) is 5.76. The van der Waals surface area contributed by atoms with Crippen molar-refractivity contribution in [3.63, 3.8) is 0 Å².